The molecule has 0 spiro atoms. The lowest BCUT2D eigenvalue weighted by Crippen LogP contribution is -2.52. The van der Waals surface area contributed by atoms with Crippen molar-refractivity contribution in [3.8, 4) is 0 Å². The van der Waals surface area contributed by atoms with Crippen molar-refractivity contribution in [2.45, 2.75) is 25.0 Å². The lowest BCUT2D eigenvalue weighted by Gasteiger charge is -2.20. The molecule has 1 aromatic carbocycles. The van der Waals surface area contributed by atoms with Crippen LogP contribution in [-0.2, 0) is 17.8 Å². The quantitative estimate of drug-likeness (QED) is 0.519. The fourth-order valence-corrected chi connectivity index (χ4v) is 5.56. The number of amides is 3. The molecule has 0 aliphatic carbocycles. The molecule has 5 rings (SSSR count). The number of aromatic nitrogens is 2. The van der Waals surface area contributed by atoms with Crippen molar-refractivity contribution in [3.63, 3.8) is 0 Å². The monoisotopic (exact) mass is 486 g/mol. The molecule has 2 aliphatic rings. The molecule has 3 amide bonds. The number of thiazole rings is 1. The minimum Gasteiger partial charge on any atom is -0.351 e. The Morgan fingerprint density at radius 1 is 1.21 bits per heavy atom. The number of carbonyl (C=O) groups excluding carboxylic acids is 3. The molecule has 0 saturated carbocycles. The Labute approximate surface area is 199 Å². The van der Waals surface area contributed by atoms with Crippen LogP contribution < -0.4 is 10.6 Å². The number of benzene rings is 1. The van der Waals surface area contributed by atoms with Crippen LogP contribution in [0.3, 0.4) is 0 Å². The SMILES string of the molecule is CN1CCc2nc(C(=O)N[C@@H]3CN(C)C(=O)[C@H]3NC(=O)c3cc4cc(Cl)ccc4[nH]3)sc2C1. The molecule has 9 nitrogen and oxygen atoms in total. The van der Waals surface area contributed by atoms with Gasteiger partial charge >= 0.3 is 0 Å². The predicted molar refractivity (Wildman–Crippen MR) is 126 cm³/mol. The van der Waals surface area contributed by atoms with E-state index in [0.29, 0.717) is 22.3 Å². The Bertz CT molecular complexity index is 1270. The number of nitrogens with one attached hydrogen (secondary N) is 3. The highest BCUT2D eigenvalue weighted by Crippen LogP contribution is 2.25. The van der Waals surface area contributed by atoms with Crippen LogP contribution in [0.5, 0.6) is 0 Å². The van der Waals surface area contributed by atoms with Gasteiger partial charge < -0.3 is 25.4 Å². The first-order valence-electron chi connectivity index (χ1n) is 10.6. The molecule has 1 fully saturated rings. The number of aromatic amines is 1. The van der Waals surface area contributed by atoms with Gasteiger partial charge in [-0.15, -0.1) is 11.3 Å². The maximum Gasteiger partial charge on any atom is 0.280 e. The third-order valence-electron chi connectivity index (χ3n) is 6.06. The van der Waals surface area contributed by atoms with Crippen LogP contribution in [0.1, 0.15) is 30.9 Å². The van der Waals surface area contributed by atoms with Crippen LogP contribution in [0, 0.1) is 0 Å². The van der Waals surface area contributed by atoms with Gasteiger partial charge in [0.2, 0.25) is 5.91 Å². The first-order chi connectivity index (χ1) is 15.8. The first-order valence-corrected chi connectivity index (χ1v) is 11.8. The molecule has 0 unspecified atom stereocenters. The summed E-state index contributed by atoms with van der Waals surface area (Å²) in [5.41, 5.74) is 2.05. The third kappa shape index (κ3) is 4.21. The maximum atomic E-state index is 12.9. The first kappa shape index (κ1) is 21.9. The molecule has 172 valence electrons. The number of fused-ring (bicyclic) bond motifs is 2. The summed E-state index contributed by atoms with van der Waals surface area (Å²) in [5.74, 6) is -1.01. The molecule has 2 aliphatic heterocycles. The second-order valence-corrected chi connectivity index (χ2v) is 10.1. The number of halogens is 1. The van der Waals surface area contributed by atoms with E-state index in [2.05, 4.69) is 25.5 Å². The van der Waals surface area contributed by atoms with E-state index in [0.717, 1.165) is 41.0 Å². The Morgan fingerprint density at radius 3 is 2.85 bits per heavy atom. The van der Waals surface area contributed by atoms with Crippen molar-refractivity contribution < 1.29 is 14.4 Å². The standard InChI is InChI=1S/C22H23ClN6O3S/c1-28-6-5-14-17(10-28)33-21(26-14)20(31)25-16-9-29(2)22(32)18(16)27-19(30)15-8-11-7-12(23)3-4-13(11)24-15/h3-4,7-8,16,18,24H,5-6,9-10H2,1-2H3,(H,25,31)(H,27,30)/t16-,18+/m1/s1. The summed E-state index contributed by atoms with van der Waals surface area (Å²) in [5, 5.41) is 7.44. The molecule has 33 heavy (non-hydrogen) atoms. The number of H-pyrrole nitrogens is 1. The van der Waals surface area contributed by atoms with Crippen LogP contribution in [-0.4, -0.2) is 76.8 Å². The van der Waals surface area contributed by atoms with Crippen LogP contribution in [0.2, 0.25) is 5.02 Å². The average molecular weight is 487 g/mol. The van der Waals surface area contributed by atoms with Gasteiger partial charge in [0.1, 0.15) is 11.7 Å². The normalized spacial score (nSPS) is 20.8. The topological polar surface area (TPSA) is 110 Å². The number of carbonyl (C=O) groups is 3. The van der Waals surface area contributed by atoms with Crippen molar-refractivity contribution >= 4 is 51.6 Å². The zero-order valence-electron chi connectivity index (χ0n) is 18.1. The molecular weight excluding hydrogens is 464 g/mol. The van der Waals surface area contributed by atoms with Crippen LogP contribution in [0.15, 0.2) is 24.3 Å². The van der Waals surface area contributed by atoms with Crippen LogP contribution in [0.25, 0.3) is 10.9 Å². The Kier molecular flexibility index (Phi) is 5.59. The minimum absolute atomic E-state index is 0.257. The van der Waals surface area contributed by atoms with E-state index in [1.54, 1.807) is 31.3 Å². The molecular formula is C22H23ClN6O3S. The smallest absolute Gasteiger partial charge is 0.280 e. The van der Waals surface area contributed by atoms with Crippen molar-refractivity contribution in [1.82, 2.24) is 30.4 Å². The predicted octanol–water partition coefficient (Wildman–Crippen LogP) is 1.63. The van der Waals surface area contributed by atoms with E-state index in [4.69, 9.17) is 11.6 Å². The second-order valence-electron chi connectivity index (χ2n) is 8.54. The molecule has 1 saturated heterocycles. The minimum atomic E-state index is -0.873. The van der Waals surface area contributed by atoms with E-state index in [-0.39, 0.29) is 11.8 Å². The number of nitrogens with zero attached hydrogens (tertiary/aromatic N) is 3. The highest BCUT2D eigenvalue weighted by atomic mass is 35.5. The molecule has 2 aromatic heterocycles. The molecule has 0 bridgehead atoms. The molecule has 11 heteroatoms. The largest absolute Gasteiger partial charge is 0.351 e. The molecule has 3 aromatic rings. The van der Waals surface area contributed by atoms with Crippen molar-refractivity contribution in [2.24, 2.45) is 0 Å². The van der Waals surface area contributed by atoms with E-state index < -0.39 is 18.0 Å². The highest BCUT2D eigenvalue weighted by Gasteiger charge is 2.41. The number of likely N-dealkylation sites (tertiary alicyclic amines) is 1. The number of hydrogen-bond acceptors (Lipinski definition) is 6. The van der Waals surface area contributed by atoms with Gasteiger partial charge in [0.25, 0.3) is 11.8 Å². The average Bonchev–Trinajstić information content (AvgIpc) is 3.45. The van der Waals surface area contributed by atoms with E-state index >= 15 is 0 Å². The summed E-state index contributed by atoms with van der Waals surface area (Å²) in [7, 11) is 3.69. The van der Waals surface area contributed by atoms with E-state index in [1.807, 2.05) is 7.05 Å². The van der Waals surface area contributed by atoms with E-state index in [9.17, 15) is 14.4 Å². The van der Waals surface area contributed by atoms with Gasteiger partial charge in [0.05, 0.1) is 11.7 Å². The van der Waals surface area contributed by atoms with Gasteiger partial charge in [-0.3, -0.25) is 14.4 Å². The number of likely N-dealkylation sites (N-methyl/N-ethyl adjacent to an activating group) is 2. The second kappa shape index (κ2) is 8.44. The van der Waals surface area contributed by atoms with Crippen molar-refractivity contribution in [3.05, 3.63) is 50.6 Å². The van der Waals surface area contributed by atoms with Crippen LogP contribution in [0.4, 0.5) is 0 Å². The Balaban J connectivity index is 1.31. The zero-order chi connectivity index (χ0) is 23.3. The molecule has 0 radical (unpaired) electrons. The van der Waals surface area contributed by atoms with E-state index in [1.165, 1.54) is 16.2 Å². The zero-order valence-corrected chi connectivity index (χ0v) is 19.7. The van der Waals surface area contributed by atoms with Crippen LogP contribution >= 0.6 is 22.9 Å². The van der Waals surface area contributed by atoms with Gasteiger partial charge in [-0.1, -0.05) is 11.6 Å². The summed E-state index contributed by atoms with van der Waals surface area (Å²) in [6, 6.07) is 5.52. The molecule has 2 atom stereocenters. The van der Waals surface area contributed by atoms with Crippen molar-refractivity contribution in [1.29, 1.82) is 0 Å². The number of hydrogen-bond donors (Lipinski definition) is 3. The summed E-state index contributed by atoms with van der Waals surface area (Å²) in [4.78, 5) is 50.9. The third-order valence-corrected chi connectivity index (χ3v) is 7.38. The summed E-state index contributed by atoms with van der Waals surface area (Å²) in [6.07, 6.45) is 0.814. The lowest BCUT2D eigenvalue weighted by atomic mass is 10.1. The fourth-order valence-electron chi connectivity index (χ4n) is 4.29. The maximum absolute atomic E-state index is 12.9. The van der Waals surface area contributed by atoms with Gasteiger partial charge in [-0.2, -0.15) is 0 Å². The fraction of sp³-hybridized carbons (Fsp3) is 0.364. The summed E-state index contributed by atoms with van der Waals surface area (Å²) in [6.45, 7) is 1.98. The summed E-state index contributed by atoms with van der Waals surface area (Å²) >= 11 is 7.41. The summed E-state index contributed by atoms with van der Waals surface area (Å²) < 4.78 is 0. The molecule has 4 heterocycles. The highest BCUT2D eigenvalue weighted by molar-refractivity contribution is 7.13. The number of rotatable bonds is 4. The van der Waals surface area contributed by atoms with Gasteiger partial charge in [-0.25, -0.2) is 4.98 Å². The van der Waals surface area contributed by atoms with Gasteiger partial charge in [-0.05, 0) is 31.3 Å². The lowest BCUT2D eigenvalue weighted by molar-refractivity contribution is -0.128. The molecule has 3 N–H and O–H groups in total. The Morgan fingerprint density at radius 2 is 2.03 bits per heavy atom. The van der Waals surface area contributed by atoms with Crippen molar-refractivity contribution in [2.75, 3.05) is 27.2 Å². The van der Waals surface area contributed by atoms with Gasteiger partial charge in [0, 0.05) is 53.9 Å². The van der Waals surface area contributed by atoms with Gasteiger partial charge in [0.15, 0.2) is 5.01 Å². The Hall–Kier alpha value is -2.95.